The highest BCUT2D eigenvalue weighted by Gasteiger charge is 2.27. The summed E-state index contributed by atoms with van der Waals surface area (Å²) in [4.78, 5) is 11.0. The van der Waals surface area contributed by atoms with Crippen LogP contribution in [0.3, 0.4) is 0 Å². The standard InChI is InChI=1S/C13H16BrNO4S/c14-11-9-10(13(16)17)5-6-12(11)20(18,19)15-7-3-1-2-4-8-15/h5-6,9H,1-4,7-8H2,(H,16,17). The van der Waals surface area contributed by atoms with Crippen molar-refractivity contribution in [3.63, 3.8) is 0 Å². The van der Waals surface area contributed by atoms with E-state index in [2.05, 4.69) is 15.9 Å². The average molecular weight is 362 g/mol. The van der Waals surface area contributed by atoms with E-state index in [1.807, 2.05) is 0 Å². The molecule has 0 saturated carbocycles. The predicted molar refractivity (Wildman–Crippen MR) is 78.3 cm³/mol. The summed E-state index contributed by atoms with van der Waals surface area (Å²) < 4.78 is 27.0. The number of nitrogens with zero attached hydrogens (tertiary/aromatic N) is 1. The van der Waals surface area contributed by atoms with Crippen molar-refractivity contribution in [2.75, 3.05) is 13.1 Å². The highest BCUT2D eigenvalue weighted by Crippen LogP contribution is 2.27. The van der Waals surface area contributed by atoms with E-state index in [9.17, 15) is 13.2 Å². The Kier molecular flexibility index (Phi) is 4.82. The molecule has 20 heavy (non-hydrogen) atoms. The molecule has 1 N–H and O–H groups in total. The van der Waals surface area contributed by atoms with Gasteiger partial charge < -0.3 is 5.11 Å². The van der Waals surface area contributed by atoms with E-state index in [0.29, 0.717) is 17.6 Å². The number of rotatable bonds is 3. The van der Waals surface area contributed by atoms with Gasteiger partial charge in [0.15, 0.2) is 0 Å². The van der Waals surface area contributed by atoms with Gasteiger partial charge in [0.1, 0.15) is 0 Å². The third-order valence-electron chi connectivity index (χ3n) is 3.36. The van der Waals surface area contributed by atoms with Gasteiger partial charge in [-0.3, -0.25) is 0 Å². The molecule has 0 spiro atoms. The Hall–Kier alpha value is -0.920. The number of sulfonamides is 1. The fourth-order valence-electron chi connectivity index (χ4n) is 2.26. The first-order chi connectivity index (χ1) is 9.43. The maximum Gasteiger partial charge on any atom is 0.335 e. The highest BCUT2D eigenvalue weighted by molar-refractivity contribution is 9.10. The molecule has 1 aromatic rings. The van der Waals surface area contributed by atoms with E-state index in [1.165, 1.54) is 22.5 Å². The lowest BCUT2D eigenvalue weighted by atomic mass is 10.2. The lowest BCUT2D eigenvalue weighted by Crippen LogP contribution is -2.32. The van der Waals surface area contributed by atoms with Crippen LogP contribution in [0.5, 0.6) is 0 Å². The quantitative estimate of drug-likeness (QED) is 0.897. The normalized spacial score (nSPS) is 17.6. The molecule has 0 aromatic heterocycles. The van der Waals surface area contributed by atoms with Gasteiger partial charge in [0, 0.05) is 17.6 Å². The fraction of sp³-hybridized carbons (Fsp3) is 0.462. The lowest BCUT2D eigenvalue weighted by Gasteiger charge is -2.20. The molecule has 1 heterocycles. The maximum atomic E-state index is 12.6. The zero-order chi connectivity index (χ0) is 14.8. The first-order valence-corrected chi connectivity index (χ1v) is 8.69. The van der Waals surface area contributed by atoms with Crippen molar-refractivity contribution in [1.29, 1.82) is 0 Å². The molecular formula is C13H16BrNO4S. The van der Waals surface area contributed by atoms with Crippen molar-refractivity contribution in [2.45, 2.75) is 30.6 Å². The Labute approximate surface area is 126 Å². The summed E-state index contributed by atoms with van der Waals surface area (Å²) in [6.07, 6.45) is 3.82. The first-order valence-electron chi connectivity index (χ1n) is 6.46. The number of hydrogen-bond acceptors (Lipinski definition) is 3. The van der Waals surface area contributed by atoms with Crippen LogP contribution in [0.4, 0.5) is 0 Å². The Bertz CT molecular complexity index is 607. The number of halogens is 1. The molecule has 1 aliphatic heterocycles. The second kappa shape index (κ2) is 6.24. The molecule has 0 amide bonds. The molecule has 0 bridgehead atoms. The van der Waals surface area contributed by atoms with Crippen molar-refractivity contribution in [3.8, 4) is 0 Å². The average Bonchev–Trinajstić information content (AvgIpc) is 2.67. The number of carboxylic acids is 1. The molecule has 2 rings (SSSR count). The molecule has 7 heteroatoms. The minimum Gasteiger partial charge on any atom is -0.478 e. The monoisotopic (exact) mass is 361 g/mol. The number of aromatic carboxylic acids is 1. The molecule has 0 aliphatic carbocycles. The largest absolute Gasteiger partial charge is 0.478 e. The summed E-state index contributed by atoms with van der Waals surface area (Å²) >= 11 is 3.17. The molecule has 5 nitrogen and oxygen atoms in total. The van der Waals surface area contributed by atoms with Crippen molar-refractivity contribution in [1.82, 2.24) is 4.31 Å². The van der Waals surface area contributed by atoms with E-state index >= 15 is 0 Å². The second-order valence-corrected chi connectivity index (χ2v) is 7.53. The van der Waals surface area contributed by atoms with Crippen LogP contribution in [0, 0.1) is 0 Å². The van der Waals surface area contributed by atoms with E-state index in [4.69, 9.17) is 5.11 Å². The van der Waals surface area contributed by atoms with E-state index in [-0.39, 0.29) is 10.5 Å². The summed E-state index contributed by atoms with van der Waals surface area (Å²) in [6, 6.07) is 4.00. The molecule has 1 aliphatic rings. The number of carbonyl (C=O) groups is 1. The summed E-state index contributed by atoms with van der Waals surface area (Å²) in [5.74, 6) is -1.08. The second-order valence-electron chi connectivity index (χ2n) is 4.77. The number of benzene rings is 1. The van der Waals surface area contributed by atoms with Gasteiger partial charge in [0.2, 0.25) is 10.0 Å². The van der Waals surface area contributed by atoms with Crippen LogP contribution in [0.1, 0.15) is 36.0 Å². The van der Waals surface area contributed by atoms with Gasteiger partial charge in [-0.2, -0.15) is 4.31 Å². The van der Waals surface area contributed by atoms with E-state index < -0.39 is 16.0 Å². The topological polar surface area (TPSA) is 74.7 Å². The third-order valence-corrected chi connectivity index (χ3v) is 6.24. The van der Waals surface area contributed by atoms with Gasteiger partial charge >= 0.3 is 5.97 Å². The van der Waals surface area contributed by atoms with Crippen LogP contribution in [-0.2, 0) is 10.0 Å². The third kappa shape index (κ3) is 3.21. The molecule has 1 saturated heterocycles. The molecule has 110 valence electrons. The minimum atomic E-state index is -3.56. The van der Waals surface area contributed by atoms with Gasteiger partial charge in [-0.15, -0.1) is 0 Å². The Morgan fingerprint density at radius 3 is 2.25 bits per heavy atom. The van der Waals surface area contributed by atoms with Gasteiger partial charge in [0.25, 0.3) is 0 Å². The SMILES string of the molecule is O=C(O)c1ccc(S(=O)(=O)N2CCCCCC2)c(Br)c1. The van der Waals surface area contributed by atoms with Crippen LogP contribution >= 0.6 is 15.9 Å². The predicted octanol–water partition coefficient (Wildman–Crippen LogP) is 2.71. The van der Waals surface area contributed by atoms with Crippen LogP contribution in [0.15, 0.2) is 27.6 Å². The van der Waals surface area contributed by atoms with Crippen molar-refractivity contribution >= 4 is 31.9 Å². The van der Waals surface area contributed by atoms with E-state index in [0.717, 1.165) is 25.7 Å². The van der Waals surface area contributed by atoms with Crippen LogP contribution in [0.2, 0.25) is 0 Å². The van der Waals surface area contributed by atoms with Gasteiger partial charge in [0.05, 0.1) is 10.5 Å². The Morgan fingerprint density at radius 2 is 1.75 bits per heavy atom. The van der Waals surface area contributed by atoms with E-state index in [1.54, 1.807) is 0 Å². The molecule has 1 aromatic carbocycles. The summed E-state index contributed by atoms with van der Waals surface area (Å²) in [5, 5.41) is 8.91. The van der Waals surface area contributed by atoms with Crippen LogP contribution < -0.4 is 0 Å². The van der Waals surface area contributed by atoms with Crippen LogP contribution in [0.25, 0.3) is 0 Å². The van der Waals surface area contributed by atoms with Gasteiger partial charge in [-0.25, -0.2) is 13.2 Å². The van der Waals surface area contributed by atoms with Crippen molar-refractivity contribution < 1.29 is 18.3 Å². The van der Waals surface area contributed by atoms with Gasteiger partial charge in [-0.1, -0.05) is 12.8 Å². The molecule has 0 atom stereocenters. The minimum absolute atomic E-state index is 0.0618. The van der Waals surface area contributed by atoms with Crippen molar-refractivity contribution in [2.24, 2.45) is 0 Å². The summed E-state index contributed by atoms with van der Waals surface area (Å²) in [7, 11) is -3.56. The van der Waals surface area contributed by atoms with Gasteiger partial charge in [-0.05, 0) is 47.0 Å². The molecule has 1 fully saturated rings. The highest BCUT2D eigenvalue weighted by atomic mass is 79.9. The zero-order valence-electron chi connectivity index (χ0n) is 10.9. The Balaban J connectivity index is 2.36. The zero-order valence-corrected chi connectivity index (χ0v) is 13.3. The molecular weight excluding hydrogens is 346 g/mol. The number of carboxylic acid groups (broad SMARTS) is 1. The molecule has 0 radical (unpaired) electrons. The van der Waals surface area contributed by atoms with Crippen molar-refractivity contribution in [3.05, 3.63) is 28.2 Å². The summed E-state index contributed by atoms with van der Waals surface area (Å²) in [6.45, 7) is 1.05. The first kappa shape index (κ1) is 15.5. The lowest BCUT2D eigenvalue weighted by molar-refractivity contribution is 0.0696. The summed E-state index contributed by atoms with van der Waals surface area (Å²) in [5.41, 5.74) is 0.0618. The Morgan fingerprint density at radius 1 is 1.15 bits per heavy atom. The maximum absolute atomic E-state index is 12.6. The smallest absolute Gasteiger partial charge is 0.335 e. The fourth-order valence-corrected chi connectivity index (χ4v) is 4.82. The number of hydrogen-bond donors (Lipinski definition) is 1. The molecule has 0 unspecified atom stereocenters. The van der Waals surface area contributed by atoms with Crippen LogP contribution in [-0.4, -0.2) is 36.9 Å².